The minimum atomic E-state index is -0.774. The average molecular weight is 207 g/mol. The Morgan fingerprint density at radius 2 is 1.87 bits per heavy atom. The van der Waals surface area contributed by atoms with E-state index in [9.17, 15) is 4.79 Å². The van der Waals surface area contributed by atoms with Gasteiger partial charge in [-0.15, -0.1) is 0 Å². The highest BCUT2D eigenvalue weighted by Crippen LogP contribution is 2.19. The minimum Gasteiger partial charge on any atom is -0.480 e. The van der Waals surface area contributed by atoms with Gasteiger partial charge in [-0.3, -0.25) is 4.79 Å². The molecule has 0 fully saturated rings. The van der Waals surface area contributed by atoms with Crippen molar-refractivity contribution in [2.24, 2.45) is 5.73 Å². The molecule has 0 spiro atoms. The standard InChI is InChI=1S/C12H17NO2/c1-9(14)12(2,3)15-11-6-4-10(8-13)5-7-11/h4-7H,8,13H2,1-3H3. The molecule has 15 heavy (non-hydrogen) atoms. The van der Waals surface area contributed by atoms with Crippen LogP contribution in [0.15, 0.2) is 24.3 Å². The Bertz CT molecular complexity index is 341. The van der Waals surface area contributed by atoms with Crippen molar-refractivity contribution in [2.45, 2.75) is 32.9 Å². The molecule has 1 rings (SSSR count). The molecule has 1 aromatic rings. The Morgan fingerprint density at radius 1 is 1.33 bits per heavy atom. The van der Waals surface area contributed by atoms with Gasteiger partial charge in [-0.05, 0) is 38.5 Å². The number of carbonyl (C=O) groups excluding carboxylic acids is 1. The highest BCUT2D eigenvalue weighted by atomic mass is 16.5. The van der Waals surface area contributed by atoms with Gasteiger partial charge in [-0.2, -0.15) is 0 Å². The third-order valence-electron chi connectivity index (χ3n) is 2.38. The van der Waals surface area contributed by atoms with E-state index < -0.39 is 5.60 Å². The first-order chi connectivity index (χ1) is 6.95. The molecule has 1 aromatic carbocycles. The number of hydrogen-bond acceptors (Lipinski definition) is 3. The lowest BCUT2D eigenvalue weighted by atomic mass is 10.1. The lowest BCUT2D eigenvalue weighted by molar-refractivity contribution is -0.129. The third-order valence-corrected chi connectivity index (χ3v) is 2.38. The van der Waals surface area contributed by atoms with Gasteiger partial charge in [0.25, 0.3) is 0 Å². The van der Waals surface area contributed by atoms with E-state index in [1.807, 2.05) is 24.3 Å². The quantitative estimate of drug-likeness (QED) is 0.820. The number of rotatable bonds is 4. The summed E-state index contributed by atoms with van der Waals surface area (Å²) >= 11 is 0. The average Bonchev–Trinajstić information content (AvgIpc) is 2.18. The summed E-state index contributed by atoms with van der Waals surface area (Å²) in [6.45, 7) is 5.54. The maximum Gasteiger partial charge on any atom is 0.172 e. The van der Waals surface area contributed by atoms with Crippen molar-refractivity contribution in [1.29, 1.82) is 0 Å². The molecule has 3 nitrogen and oxygen atoms in total. The number of ether oxygens (including phenoxy) is 1. The van der Waals surface area contributed by atoms with E-state index in [2.05, 4.69) is 0 Å². The molecule has 82 valence electrons. The third kappa shape index (κ3) is 3.06. The van der Waals surface area contributed by atoms with Crippen LogP contribution in [0.4, 0.5) is 0 Å². The van der Waals surface area contributed by atoms with Gasteiger partial charge in [0.2, 0.25) is 0 Å². The molecule has 0 saturated carbocycles. The SMILES string of the molecule is CC(=O)C(C)(C)Oc1ccc(CN)cc1. The maximum absolute atomic E-state index is 11.2. The molecule has 3 heteroatoms. The van der Waals surface area contributed by atoms with Crippen LogP contribution in [0.5, 0.6) is 5.75 Å². The number of Topliss-reactive ketones (excluding diaryl/α,β-unsaturated/α-hetero) is 1. The predicted molar refractivity (Wildman–Crippen MR) is 59.7 cm³/mol. The van der Waals surface area contributed by atoms with Crippen molar-refractivity contribution >= 4 is 5.78 Å². The van der Waals surface area contributed by atoms with Crippen LogP contribution < -0.4 is 10.5 Å². The van der Waals surface area contributed by atoms with Crippen LogP contribution in [0.2, 0.25) is 0 Å². The highest BCUT2D eigenvalue weighted by Gasteiger charge is 2.25. The van der Waals surface area contributed by atoms with Gasteiger partial charge in [0.15, 0.2) is 11.4 Å². The Kier molecular flexibility index (Phi) is 3.48. The first kappa shape index (κ1) is 11.7. The van der Waals surface area contributed by atoms with Gasteiger partial charge in [-0.1, -0.05) is 12.1 Å². The van der Waals surface area contributed by atoms with Gasteiger partial charge in [0.05, 0.1) is 0 Å². The van der Waals surface area contributed by atoms with Gasteiger partial charge in [-0.25, -0.2) is 0 Å². The van der Waals surface area contributed by atoms with Gasteiger partial charge >= 0.3 is 0 Å². The molecule has 0 unspecified atom stereocenters. The smallest absolute Gasteiger partial charge is 0.172 e. The molecule has 0 aliphatic heterocycles. The second-order valence-corrected chi connectivity index (χ2v) is 4.02. The van der Waals surface area contributed by atoms with E-state index in [-0.39, 0.29) is 5.78 Å². The van der Waals surface area contributed by atoms with Crippen LogP contribution >= 0.6 is 0 Å². The largest absolute Gasteiger partial charge is 0.480 e. The van der Waals surface area contributed by atoms with Gasteiger partial charge in [0.1, 0.15) is 5.75 Å². The Morgan fingerprint density at radius 3 is 2.27 bits per heavy atom. The Labute approximate surface area is 90.2 Å². The van der Waals surface area contributed by atoms with Crippen LogP contribution in [-0.4, -0.2) is 11.4 Å². The summed E-state index contributed by atoms with van der Waals surface area (Å²) in [5.74, 6) is 0.692. The number of carbonyl (C=O) groups is 1. The number of nitrogens with two attached hydrogens (primary N) is 1. The van der Waals surface area contributed by atoms with Gasteiger partial charge < -0.3 is 10.5 Å². The van der Waals surface area contributed by atoms with Crippen molar-refractivity contribution < 1.29 is 9.53 Å². The van der Waals surface area contributed by atoms with Crippen molar-refractivity contribution in [3.05, 3.63) is 29.8 Å². The normalized spacial score (nSPS) is 11.2. The monoisotopic (exact) mass is 207 g/mol. The van der Waals surface area contributed by atoms with E-state index in [0.717, 1.165) is 5.56 Å². The summed E-state index contributed by atoms with van der Waals surface area (Å²) in [6, 6.07) is 7.44. The Balaban J connectivity index is 2.77. The first-order valence-corrected chi connectivity index (χ1v) is 4.95. The summed E-state index contributed by atoms with van der Waals surface area (Å²) < 4.78 is 5.57. The molecule has 2 N–H and O–H groups in total. The minimum absolute atomic E-state index is 0.00500. The van der Waals surface area contributed by atoms with Crippen LogP contribution in [0.3, 0.4) is 0 Å². The summed E-state index contributed by atoms with van der Waals surface area (Å²) in [5.41, 5.74) is 5.75. The first-order valence-electron chi connectivity index (χ1n) is 4.95. The summed E-state index contributed by atoms with van der Waals surface area (Å²) in [7, 11) is 0. The summed E-state index contributed by atoms with van der Waals surface area (Å²) in [4.78, 5) is 11.2. The fourth-order valence-corrected chi connectivity index (χ4v) is 1.06. The summed E-state index contributed by atoms with van der Waals surface area (Å²) in [6.07, 6.45) is 0. The maximum atomic E-state index is 11.2. The molecule has 0 aliphatic rings. The molecule has 0 amide bonds. The van der Waals surface area contributed by atoms with Crippen LogP contribution in [0.25, 0.3) is 0 Å². The molecule has 0 aliphatic carbocycles. The molecule has 0 saturated heterocycles. The molecule has 0 aromatic heterocycles. The predicted octanol–water partition coefficient (Wildman–Crippen LogP) is 1.89. The zero-order chi connectivity index (χ0) is 11.5. The van der Waals surface area contributed by atoms with Crippen molar-refractivity contribution in [3.63, 3.8) is 0 Å². The molecule has 0 heterocycles. The number of ketones is 1. The lowest BCUT2D eigenvalue weighted by Gasteiger charge is -2.23. The molecular formula is C12H17NO2. The molecule has 0 radical (unpaired) electrons. The lowest BCUT2D eigenvalue weighted by Crippen LogP contribution is -2.36. The van der Waals surface area contributed by atoms with Crippen LogP contribution in [-0.2, 0) is 11.3 Å². The molecule has 0 bridgehead atoms. The van der Waals surface area contributed by atoms with E-state index in [0.29, 0.717) is 12.3 Å². The highest BCUT2D eigenvalue weighted by molar-refractivity contribution is 5.84. The van der Waals surface area contributed by atoms with Crippen molar-refractivity contribution in [3.8, 4) is 5.75 Å². The second kappa shape index (κ2) is 4.45. The van der Waals surface area contributed by atoms with E-state index >= 15 is 0 Å². The number of benzene rings is 1. The molecular weight excluding hydrogens is 190 g/mol. The van der Waals surface area contributed by atoms with Gasteiger partial charge in [0, 0.05) is 6.54 Å². The topological polar surface area (TPSA) is 52.3 Å². The van der Waals surface area contributed by atoms with E-state index in [1.165, 1.54) is 6.92 Å². The van der Waals surface area contributed by atoms with Crippen LogP contribution in [0, 0.1) is 0 Å². The zero-order valence-electron chi connectivity index (χ0n) is 9.41. The fraction of sp³-hybridized carbons (Fsp3) is 0.417. The second-order valence-electron chi connectivity index (χ2n) is 4.02. The fourth-order valence-electron chi connectivity index (χ4n) is 1.06. The van der Waals surface area contributed by atoms with E-state index in [4.69, 9.17) is 10.5 Å². The number of hydrogen-bond donors (Lipinski definition) is 1. The molecule has 0 atom stereocenters. The summed E-state index contributed by atoms with van der Waals surface area (Å²) in [5, 5.41) is 0. The van der Waals surface area contributed by atoms with Crippen molar-refractivity contribution in [2.75, 3.05) is 0 Å². The van der Waals surface area contributed by atoms with Crippen LogP contribution in [0.1, 0.15) is 26.3 Å². The zero-order valence-corrected chi connectivity index (χ0v) is 9.41. The Hall–Kier alpha value is -1.35. The van der Waals surface area contributed by atoms with Crippen molar-refractivity contribution in [1.82, 2.24) is 0 Å². The van der Waals surface area contributed by atoms with E-state index in [1.54, 1.807) is 13.8 Å².